The minimum Gasteiger partial charge on any atom is -0.481 e. The molecule has 150 valence electrons. The summed E-state index contributed by atoms with van der Waals surface area (Å²) in [5, 5.41) is 8.73. The number of rotatable bonds is 5. The van der Waals surface area contributed by atoms with Gasteiger partial charge in [0.2, 0.25) is 0 Å². The SMILES string of the molecule is CS(=O)(=O)O.[2H]c1c([2H])c(C(=O)Oc2ccc(CC(=O)O)cc2)c([2H])c([2H])c1N=C(N)N. The van der Waals surface area contributed by atoms with Gasteiger partial charge in [0.25, 0.3) is 10.1 Å². The highest BCUT2D eigenvalue weighted by Gasteiger charge is 2.09. The summed E-state index contributed by atoms with van der Waals surface area (Å²) in [5.74, 6) is -2.51. The maximum atomic E-state index is 12.3. The second-order valence-corrected chi connectivity index (χ2v) is 6.56. The third-order valence-electron chi connectivity index (χ3n) is 2.55. The van der Waals surface area contributed by atoms with Gasteiger partial charge in [-0.25, -0.2) is 9.79 Å². The lowest BCUT2D eigenvalue weighted by Crippen LogP contribution is -2.21. The predicted molar refractivity (Wildman–Crippen MR) is 102 cm³/mol. The molecule has 0 radical (unpaired) electrons. The summed E-state index contributed by atoms with van der Waals surface area (Å²) in [5.41, 5.74) is 9.96. The number of hydrogen-bond acceptors (Lipinski definition) is 6. The molecule has 0 saturated carbocycles. The second kappa shape index (κ2) is 10.0. The first-order valence-electron chi connectivity index (χ1n) is 9.27. The van der Waals surface area contributed by atoms with Gasteiger partial charge in [0.1, 0.15) is 5.75 Å². The average molecular weight is 413 g/mol. The molecule has 0 amide bonds. The quantitative estimate of drug-likeness (QED) is 0.182. The smallest absolute Gasteiger partial charge is 0.343 e. The van der Waals surface area contributed by atoms with Crippen LogP contribution in [0.15, 0.2) is 53.4 Å². The molecule has 2 aromatic carbocycles. The van der Waals surface area contributed by atoms with Crippen molar-refractivity contribution in [1.82, 2.24) is 0 Å². The van der Waals surface area contributed by atoms with Crippen LogP contribution in [0.25, 0.3) is 0 Å². The molecule has 0 aliphatic carbocycles. The maximum Gasteiger partial charge on any atom is 0.343 e. The molecule has 28 heavy (non-hydrogen) atoms. The van der Waals surface area contributed by atoms with E-state index in [1.807, 2.05) is 0 Å². The fourth-order valence-corrected chi connectivity index (χ4v) is 1.60. The first kappa shape index (κ1) is 16.7. The summed E-state index contributed by atoms with van der Waals surface area (Å²) in [6.07, 6.45) is 0.519. The maximum absolute atomic E-state index is 12.3. The van der Waals surface area contributed by atoms with Crippen molar-refractivity contribution in [3.63, 3.8) is 0 Å². The first-order chi connectivity index (χ1) is 14.6. The van der Waals surface area contributed by atoms with E-state index in [4.69, 9.17) is 31.3 Å². The van der Waals surface area contributed by atoms with Gasteiger partial charge in [-0.3, -0.25) is 9.35 Å². The average Bonchev–Trinajstić information content (AvgIpc) is 2.63. The molecule has 0 aliphatic rings. The highest BCUT2D eigenvalue weighted by Crippen LogP contribution is 2.17. The van der Waals surface area contributed by atoms with E-state index < -0.39 is 57.7 Å². The van der Waals surface area contributed by atoms with Crippen LogP contribution in [0.2, 0.25) is 0 Å². The lowest BCUT2D eigenvalue weighted by Gasteiger charge is -2.05. The van der Waals surface area contributed by atoms with Crippen molar-refractivity contribution in [3.05, 3.63) is 59.6 Å². The van der Waals surface area contributed by atoms with E-state index in [1.54, 1.807) is 0 Å². The standard InChI is InChI=1S/C16H15N3O4.CH4O3S/c17-16(18)19-12-5-3-11(4-6-12)15(22)23-13-7-1-10(2-8-13)9-14(20)21;1-5(2,3)4/h1-8H,9H2,(H,20,21)(H4,17,18,19);1H3,(H,2,3,4)/i3D,4D,5D,6D;. The van der Waals surface area contributed by atoms with Crippen LogP contribution in [0.3, 0.4) is 0 Å². The summed E-state index contributed by atoms with van der Waals surface area (Å²) in [7, 11) is -3.67. The van der Waals surface area contributed by atoms with E-state index in [9.17, 15) is 18.0 Å². The normalized spacial score (nSPS) is 12.2. The number of hydrogen-bond donors (Lipinski definition) is 4. The number of guanidine groups is 1. The van der Waals surface area contributed by atoms with E-state index in [2.05, 4.69) is 4.99 Å². The number of aliphatic imine (C=N–C) groups is 1. The van der Waals surface area contributed by atoms with Crippen molar-refractivity contribution in [1.29, 1.82) is 0 Å². The second-order valence-electron chi connectivity index (χ2n) is 5.10. The number of carbonyl (C=O) groups is 2. The number of carbonyl (C=O) groups excluding carboxylic acids is 1. The van der Waals surface area contributed by atoms with Crippen molar-refractivity contribution in [2.75, 3.05) is 6.26 Å². The van der Waals surface area contributed by atoms with E-state index in [0.29, 0.717) is 11.8 Å². The van der Waals surface area contributed by atoms with Crippen LogP contribution in [-0.4, -0.2) is 42.2 Å². The monoisotopic (exact) mass is 413 g/mol. The van der Waals surface area contributed by atoms with Gasteiger partial charge in [0.05, 0.1) is 29.4 Å². The topological polar surface area (TPSA) is 182 Å². The molecular weight excluding hydrogens is 390 g/mol. The Bertz CT molecular complexity index is 1130. The van der Waals surface area contributed by atoms with Gasteiger partial charge in [0.15, 0.2) is 5.96 Å². The Hall–Kier alpha value is -3.44. The summed E-state index contributed by atoms with van der Waals surface area (Å²) in [6.45, 7) is 0. The van der Waals surface area contributed by atoms with E-state index >= 15 is 0 Å². The van der Waals surface area contributed by atoms with Crippen LogP contribution >= 0.6 is 0 Å². The van der Waals surface area contributed by atoms with Gasteiger partial charge in [-0.15, -0.1) is 0 Å². The molecule has 0 atom stereocenters. The number of carboxylic acids is 1. The van der Waals surface area contributed by atoms with Crippen molar-refractivity contribution >= 4 is 33.7 Å². The minimum atomic E-state index is -3.67. The van der Waals surface area contributed by atoms with Gasteiger partial charge in [-0.2, -0.15) is 8.42 Å². The number of esters is 1. The molecule has 6 N–H and O–H groups in total. The number of nitrogens with two attached hydrogens (primary N) is 2. The van der Waals surface area contributed by atoms with Crippen molar-refractivity contribution < 1.29 is 37.9 Å². The van der Waals surface area contributed by atoms with Crippen molar-refractivity contribution in [2.24, 2.45) is 16.5 Å². The molecule has 2 aromatic rings. The Labute approximate surface area is 166 Å². The molecule has 0 heterocycles. The third kappa shape index (κ3) is 9.89. The summed E-state index contributed by atoms with van der Waals surface area (Å²) >= 11 is 0. The zero-order chi connectivity index (χ0) is 24.8. The molecule has 0 unspecified atom stereocenters. The Morgan fingerprint density at radius 1 is 1.14 bits per heavy atom. The number of nitrogens with zero attached hydrogens (tertiary/aromatic N) is 1. The fraction of sp³-hybridized carbons (Fsp3) is 0.118. The molecule has 2 rings (SSSR count). The Balaban J connectivity index is 0.000000920. The van der Waals surface area contributed by atoms with Crippen molar-refractivity contribution in [3.8, 4) is 5.75 Å². The zero-order valence-electron chi connectivity index (χ0n) is 18.5. The molecule has 0 aromatic heterocycles. The fourth-order valence-electron chi connectivity index (χ4n) is 1.60. The largest absolute Gasteiger partial charge is 0.481 e. The number of benzene rings is 2. The summed E-state index contributed by atoms with van der Waals surface area (Å²) < 4.78 is 62.5. The van der Waals surface area contributed by atoms with Gasteiger partial charge >= 0.3 is 11.9 Å². The number of carboxylic acid groups (broad SMARTS) is 1. The highest BCUT2D eigenvalue weighted by atomic mass is 32.2. The molecule has 0 fully saturated rings. The lowest BCUT2D eigenvalue weighted by atomic mass is 10.1. The van der Waals surface area contributed by atoms with Crippen LogP contribution < -0.4 is 16.2 Å². The molecule has 0 spiro atoms. The van der Waals surface area contributed by atoms with Gasteiger partial charge < -0.3 is 21.3 Å². The number of ether oxygens (including phenoxy) is 1. The molecule has 10 nitrogen and oxygen atoms in total. The van der Waals surface area contributed by atoms with Gasteiger partial charge in [0, 0.05) is 0 Å². The predicted octanol–water partition coefficient (Wildman–Crippen LogP) is 0.942. The third-order valence-corrected chi connectivity index (χ3v) is 2.55. The van der Waals surface area contributed by atoms with Gasteiger partial charge in [-0.05, 0) is 41.9 Å². The first-order valence-corrected chi connectivity index (χ1v) is 9.12. The van der Waals surface area contributed by atoms with Gasteiger partial charge in [-0.1, -0.05) is 12.1 Å². The Morgan fingerprint density at radius 2 is 1.64 bits per heavy atom. The van der Waals surface area contributed by atoms with E-state index in [-0.39, 0.29) is 17.9 Å². The number of aliphatic carboxylic acids is 1. The highest BCUT2D eigenvalue weighted by molar-refractivity contribution is 7.85. The molecule has 11 heteroatoms. The molecule has 0 saturated heterocycles. The van der Waals surface area contributed by atoms with Crippen LogP contribution in [0.5, 0.6) is 5.75 Å². The van der Waals surface area contributed by atoms with Crippen molar-refractivity contribution in [2.45, 2.75) is 6.42 Å². The Kier molecular flexibility index (Phi) is 5.99. The zero-order valence-corrected chi connectivity index (χ0v) is 15.3. The Morgan fingerprint density at radius 3 is 2.07 bits per heavy atom. The molecule has 0 aliphatic heterocycles. The van der Waals surface area contributed by atoms with Crippen LogP contribution in [0, 0.1) is 0 Å². The summed E-state index contributed by atoms with van der Waals surface area (Å²) in [6, 6.07) is 3.15. The minimum absolute atomic E-state index is 0.0549. The van der Waals surface area contributed by atoms with Crippen LogP contribution in [0.4, 0.5) is 5.69 Å². The van der Waals surface area contributed by atoms with E-state index in [1.165, 1.54) is 24.3 Å². The van der Waals surface area contributed by atoms with Crippen LogP contribution in [0.1, 0.15) is 21.4 Å². The molecular formula is C17H19N3O7S. The summed E-state index contributed by atoms with van der Waals surface area (Å²) in [4.78, 5) is 26.6. The molecule has 0 bridgehead atoms. The van der Waals surface area contributed by atoms with Crippen LogP contribution in [-0.2, 0) is 21.3 Å². The lowest BCUT2D eigenvalue weighted by molar-refractivity contribution is -0.136. The van der Waals surface area contributed by atoms with E-state index in [0.717, 1.165) is 0 Å².